The van der Waals surface area contributed by atoms with Crippen molar-refractivity contribution in [2.75, 3.05) is 6.61 Å². The van der Waals surface area contributed by atoms with Gasteiger partial charge in [0.05, 0.1) is 11.6 Å². The molecule has 1 amide bonds. The quantitative estimate of drug-likeness (QED) is 0.818. The fraction of sp³-hybridized carbons (Fsp3) is 0.333. The maximum absolute atomic E-state index is 12.9. The number of hydrogen-bond donors (Lipinski definition) is 1. The molecule has 1 atom stereocenters. The molecule has 1 heterocycles. The second kappa shape index (κ2) is 8.55. The third kappa shape index (κ3) is 5.65. The number of benzene rings is 1. The van der Waals surface area contributed by atoms with Crippen molar-refractivity contribution < 1.29 is 22.7 Å². The predicted molar refractivity (Wildman–Crippen MR) is 89.9 cm³/mol. The molecule has 2 rings (SSSR count). The van der Waals surface area contributed by atoms with E-state index in [9.17, 15) is 22.8 Å². The Morgan fingerprint density at radius 2 is 1.88 bits per heavy atom. The molecule has 8 heteroatoms. The number of nitrogens with one attached hydrogen (secondary N) is 1. The van der Waals surface area contributed by atoms with Gasteiger partial charge in [-0.05, 0) is 25.1 Å². The van der Waals surface area contributed by atoms with Crippen molar-refractivity contribution in [3.63, 3.8) is 0 Å². The number of carbonyl (C=O) groups excluding carboxylic acids is 1. The second-order valence-electron chi connectivity index (χ2n) is 5.76. The van der Waals surface area contributed by atoms with E-state index in [1.165, 1.54) is 28.8 Å². The van der Waals surface area contributed by atoms with Gasteiger partial charge in [-0.2, -0.15) is 13.2 Å². The third-order valence-corrected chi connectivity index (χ3v) is 3.57. The highest BCUT2D eigenvalue weighted by molar-refractivity contribution is 5.76. The van der Waals surface area contributed by atoms with E-state index in [1.54, 1.807) is 25.3 Å². The largest absolute Gasteiger partial charge is 0.491 e. The monoisotopic (exact) mass is 368 g/mol. The highest BCUT2D eigenvalue weighted by Gasteiger charge is 2.34. The number of pyridine rings is 1. The zero-order chi connectivity index (χ0) is 19.2. The Labute approximate surface area is 148 Å². The lowest BCUT2D eigenvalue weighted by Crippen LogP contribution is -2.37. The van der Waals surface area contributed by atoms with Gasteiger partial charge < -0.3 is 14.6 Å². The number of ether oxygens (including phenoxy) is 1. The Balaban J connectivity index is 1.84. The standard InChI is InChI=1S/C18H19F3N2O3/c1-13(12-26-15-7-3-2-6-14(15)18(19,20)21)22-16(24)9-11-23-10-5-4-8-17(23)25/h2-8,10,13H,9,11-12H2,1H3,(H,22,24). The van der Waals surface area contributed by atoms with Gasteiger partial charge in [0, 0.05) is 25.2 Å². The van der Waals surface area contributed by atoms with Crippen LogP contribution in [0.15, 0.2) is 53.5 Å². The first kappa shape index (κ1) is 19.6. The molecule has 1 N–H and O–H groups in total. The van der Waals surface area contributed by atoms with E-state index in [-0.39, 0.29) is 36.8 Å². The number of aromatic nitrogens is 1. The summed E-state index contributed by atoms with van der Waals surface area (Å²) in [7, 11) is 0. The normalized spacial score (nSPS) is 12.5. The van der Waals surface area contributed by atoms with E-state index < -0.39 is 17.8 Å². The van der Waals surface area contributed by atoms with Crippen LogP contribution < -0.4 is 15.6 Å². The Morgan fingerprint density at radius 1 is 1.19 bits per heavy atom. The topological polar surface area (TPSA) is 60.3 Å². The summed E-state index contributed by atoms with van der Waals surface area (Å²) >= 11 is 0. The molecular formula is C18H19F3N2O3. The van der Waals surface area contributed by atoms with Crippen LogP contribution in [0.1, 0.15) is 18.9 Å². The van der Waals surface area contributed by atoms with Crippen LogP contribution in [0, 0.1) is 0 Å². The minimum Gasteiger partial charge on any atom is -0.491 e. The molecule has 0 saturated heterocycles. The molecule has 0 saturated carbocycles. The van der Waals surface area contributed by atoms with Crippen LogP contribution in [0.25, 0.3) is 0 Å². The van der Waals surface area contributed by atoms with Gasteiger partial charge in [-0.3, -0.25) is 9.59 Å². The highest BCUT2D eigenvalue weighted by atomic mass is 19.4. The summed E-state index contributed by atoms with van der Waals surface area (Å²) in [4.78, 5) is 23.5. The number of para-hydroxylation sites is 1. The summed E-state index contributed by atoms with van der Waals surface area (Å²) in [5, 5.41) is 2.64. The molecule has 2 aromatic rings. The first-order chi connectivity index (χ1) is 12.3. The number of amides is 1. The molecule has 5 nitrogen and oxygen atoms in total. The number of nitrogens with zero attached hydrogens (tertiary/aromatic N) is 1. The summed E-state index contributed by atoms with van der Waals surface area (Å²) in [6, 6.07) is 9.11. The second-order valence-corrected chi connectivity index (χ2v) is 5.76. The van der Waals surface area contributed by atoms with Crippen LogP contribution >= 0.6 is 0 Å². The van der Waals surface area contributed by atoms with Crippen molar-refractivity contribution in [3.8, 4) is 5.75 Å². The molecule has 140 valence electrons. The molecule has 26 heavy (non-hydrogen) atoms. The molecule has 0 fully saturated rings. The molecule has 0 aliphatic heterocycles. The fourth-order valence-electron chi connectivity index (χ4n) is 2.30. The van der Waals surface area contributed by atoms with Gasteiger partial charge in [0.1, 0.15) is 12.4 Å². The average molecular weight is 368 g/mol. The molecule has 0 radical (unpaired) electrons. The number of halogens is 3. The van der Waals surface area contributed by atoms with Crippen LogP contribution in [-0.2, 0) is 17.5 Å². The highest BCUT2D eigenvalue weighted by Crippen LogP contribution is 2.35. The summed E-state index contributed by atoms with van der Waals surface area (Å²) < 4.78 is 45.3. The molecule has 0 aliphatic rings. The van der Waals surface area contributed by atoms with E-state index in [4.69, 9.17) is 4.74 Å². The van der Waals surface area contributed by atoms with Crippen LogP contribution in [0.5, 0.6) is 5.75 Å². The Hall–Kier alpha value is -2.77. The maximum Gasteiger partial charge on any atom is 0.419 e. The SMILES string of the molecule is CC(COc1ccccc1C(F)(F)F)NC(=O)CCn1ccccc1=O. The van der Waals surface area contributed by atoms with E-state index in [1.807, 2.05) is 0 Å². The van der Waals surface area contributed by atoms with Gasteiger partial charge in [0.25, 0.3) is 5.56 Å². The first-order valence-electron chi connectivity index (χ1n) is 8.01. The Bertz CT molecular complexity index is 803. The fourth-order valence-corrected chi connectivity index (χ4v) is 2.30. The average Bonchev–Trinajstić information content (AvgIpc) is 2.59. The third-order valence-electron chi connectivity index (χ3n) is 3.57. The van der Waals surface area contributed by atoms with Crippen molar-refractivity contribution in [3.05, 3.63) is 64.6 Å². The molecule has 0 aliphatic carbocycles. The molecule has 0 bridgehead atoms. The van der Waals surface area contributed by atoms with Crippen molar-refractivity contribution in [1.29, 1.82) is 0 Å². The summed E-state index contributed by atoms with van der Waals surface area (Å²) in [5.41, 5.74) is -1.07. The van der Waals surface area contributed by atoms with Gasteiger partial charge in [-0.15, -0.1) is 0 Å². The zero-order valence-corrected chi connectivity index (χ0v) is 14.1. The van der Waals surface area contributed by atoms with Crippen molar-refractivity contribution in [1.82, 2.24) is 9.88 Å². The Morgan fingerprint density at radius 3 is 2.58 bits per heavy atom. The van der Waals surface area contributed by atoms with Crippen LogP contribution in [0.2, 0.25) is 0 Å². The summed E-state index contributed by atoms with van der Waals surface area (Å²) in [5.74, 6) is -0.599. The molecule has 1 aromatic carbocycles. The minimum absolute atomic E-state index is 0.0768. The van der Waals surface area contributed by atoms with Crippen LogP contribution in [-0.4, -0.2) is 23.1 Å². The lowest BCUT2D eigenvalue weighted by atomic mass is 10.2. The number of alkyl halides is 3. The number of carbonyl (C=O) groups is 1. The molecule has 1 aromatic heterocycles. The van der Waals surface area contributed by atoms with Crippen molar-refractivity contribution in [2.45, 2.75) is 32.1 Å². The number of rotatable bonds is 7. The minimum atomic E-state index is -4.51. The Kier molecular flexibility index (Phi) is 6.43. The van der Waals surface area contributed by atoms with E-state index in [0.29, 0.717) is 0 Å². The van der Waals surface area contributed by atoms with Gasteiger partial charge in [-0.25, -0.2) is 0 Å². The molecular weight excluding hydrogens is 349 g/mol. The van der Waals surface area contributed by atoms with E-state index in [2.05, 4.69) is 5.32 Å². The van der Waals surface area contributed by atoms with E-state index >= 15 is 0 Å². The summed E-state index contributed by atoms with van der Waals surface area (Å²) in [6.45, 7) is 1.74. The predicted octanol–water partition coefficient (Wildman–Crippen LogP) is 2.84. The van der Waals surface area contributed by atoms with Gasteiger partial charge in [-0.1, -0.05) is 18.2 Å². The molecule has 0 spiro atoms. The van der Waals surface area contributed by atoms with E-state index in [0.717, 1.165) is 6.07 Å². The number of hydrogen-bond acceptors (Lipinski definition) is 3. The van der Waals surface area contributed by atoms with Crippen LogP contribution in [0.4, 0.5) is 13.2 Å². The zero-order valence-electron chi connectivity index (χ0n) is 14.1. The van der Waals surface area contributed by atoms with Crippen molar-refractivity contribution >= 4 is 5.91 Å². The van der Waals surface area contributed by atoms with Gasteiger partial charge >= 0.3 is 6.18 Å². The smallest absolute Gasteiger partial charge is 0.419 e. The molecule has 1 unspecified atom stereocenters. The van der Waals surface area contributed by atoms with Crippen LogP contribution in [0.3, 0.4) is 0 Å². The maximum atomic E-state index is 12.9. The summed E-state index contributed by atoms with van der Waals surface area (Å²) in [6.07, 6.45) is -2.85. The van der Waals surface area contributed by atoms with Gasteiger partial charge in [0.2, 0.25) is 5.91 Å². The number of aryl methyl sites for hydroxylation is 1. The van der Waals surface area contributed by atoms with Gasteiger partial charge in [0.15, 0.2) is 0 Å². The van der Waals surface area contributed by atoms with Crippen molar-refractivity contribution in [2.24, 2.45) is 0 Å². The lowest BCUT2D eigenvalue weighted by Gasteiger charge is -2.18. The first-order valence-corrected chi connectivity index (χ1v) is 8.01. The lowest BCUT2D eigenvalue weighted by molar-refractivity contribution is -0.139.